The third-order valence-corrected chi connectivity index (χ3v) is 5.46. The maximum Gasteiger partial charge on any atom is 0.263 e. The van der Waals surface area contributed by atoms with Crippen LogP contribution in [-0.4, -0.2) is 56.1 Å². The number of thiazole rings is 1. The smallest absolute Gasteiger partial charge is 0.263 e. The molecule has 0 spiro atoms. The molecule has 9 heteroatoms. The molecule has 0 radical (unpaired) electrons. The highest BCUT2D eigenvalue weighted by Crippen LogP contribution is 2.19. The molecule has 2 aromatic rings. The van der Waals surface area contributed by atoms with E-state index in [0.717, 1.165) is 31.2 Å². The zero-order valence-corrected chi connectivity index (χ0v) is 19.3. The third kappa shape index (κ3) is 6.06. The van der Waals surface area contributed by atoms with Crippen molar-refractivity contribution in [2.45, 2.75) is 19.4 Å². The lowest BCUT2D eigenvalue weighted by atomic mass is 10.3. The molecule has 28 heavy (non-hydrogen) atoms. The van der Waals surface area contributed by atoms with Gasteiger partial charge in [0.25, 0.3) is 5.91 Å². The van der Waals surface area contributed by atoms with Gasteiger partial charge in [-0.15, -0.1) is 35.3 Å². The van der Waals surface area contributed by atoms with Crippen LogP contribution in [0, 0.1) is 6.92 Å². The Balaban J connectivity index is 0.00000280. The number of anilines is 1. The van der Waals surface area contributed by atoms with Crippen molar-refractivity contribution in [2.24, 2.45) is 4.99 Å². The van der Waals surface area contributed by atoms with Crippen molar-refractivity contribution < 1.29 is 4.79 Å². The van der Waals surface area contributed by atoms with Gasteiger partial charge in [0, 0.05) is 45.0 Å². The minimum Gasteiger partial charge on any atom is -0.369 e. The van der Waals surface area contributed by atoms with E-state index in [9.17, 15) is 4.79 Å². The lowest BCUT2D eigenvalue weighted by Gasteiger charge is -2.20. The Labute approximate surface area is 187 Å². The number of rotatable bonds is 6. The van der Waals surface area contributed by atoms with Gasteiger partial charge in [0.05, 0.1) is 11.2 Å². The van der Waals surface area contributed by atoms with E-state index in [-0.39, 0.29) is 29.9 Å². The number of aliphatic imine (C=N–C) groups is 1. The highest BCUT2D eigenvalue weighted by Gasteiger charge is 2.23. The Bertz CT molecular complexity index is 782. The summed E-state index contributed by atoms with van der Waals surface area (Å²) in [6.07, 6.45) is 1.07. The Morgan fingerprint density at radius 3 is 2.71 bits per heavy atom. The predicted molar refractivity (Wildman–Crippen MR) is 126 cm³/mol. The Morgan fingerprint density at radius 2 is 2.04 bits per heavy atom. The number of guanidine groups is 1. The number of halogens is 1. The summed E-state index contributed by atoms with van der Waals surface area (Å²) in [5, 5.41) is 9.63. The molecule has 3 rings (SSSR count). The average molecular weight is 514 g/mol. The first-order chi connectivity index (χ1) is 13.2. The number of nitrogens with zero attached hydrogens (tertiary/aromatic N) is 3. The number of amides is 1. The zero-order valence-electron chi connectivity index (χ0n) is 16.1. The molecule has 3 N–H and O–H groups in total. The molecular weight excluding hydrogens is 487 g/mol. The van der Waals surface area contributed by atoms with Crippen LogP contribution in [0.15, 0.2) is 40.8 Å². The number of aromatic nitrogens is 1. The summed E-state index contributed by atoms with van der Waals surface area (Å²) >= 11 is 1.36. The van der Waals surface area contributed by atoms with Gasteiger partial charge in [-0.2, -0.15) is 0 Å². The molecule has 1 aromatic heterocycles. The Kier molecular flexibility index (Phi) is 8.97. The number of hydrogen-bond donors (Lipinski definition) is 3. The lowest BCUT2D eigenvalue weighted by molar-refractivity contribution is 0.0957. The SMILES string of the molecule is CN=C(NCCNC(=O)c1scnc1C)NC1CCN(c2ccccc2)C1.I. The molecule has 1 aliphatic rings. The van der Waals surface area contributed by atoms with Crippen molar-refractivity contribution in [1.82, 2.24) is 20.9 Å². The summed E-state index contributed by atoms with van der Waals surface area (Å²) in [7, 11) is 1.76. The normalized spacial score (nSPS) is 16.4. The van der Waals surface area contributed by atoms with Crippen LogP contribution in [0.1, 0.15) is 21.8 Å². The van der Waals surface area contributed by atoms with Crippen LogP contribution in [0.4, 0.5) is 5.69 Å². The standard InChI is InChI=1S/C19H26N6OS.HI/c1-14-17(27-13-23-14)18(26)21-9-10-22-19(20-2)24-15-8-11-25(12-15)16-6-4-3-5-7-16;/h3-7,13,15H,8-12H2,1-2H3,(H,21,26)(H2,20,22,24);1H. The molecule has 0 aliphatic carbocycles. The minimum absolute atomic E-state index is 0. The molecule has 1 amide bonds. The first kappa shape index (κ1) is 22.4. The van der Waals surface area contributed by atoms with Crippen LogP contribution in [0.3, 0.4) is 0 Å². The third-order valence-electron chi connectivity index (χ3n) is 4.53. The van der Waals surface area contributed by atoms with Gasteiger partial charge in [0.15, 0.2) is 5.96 Å². The molecule has 1 aliphatic heterocycles. The van der Waals surface area contributed by atoms with Crippen LogP contribution in [0.2, 0.25) is 0 Å². The van der Waals surface area contributed by atoms with Crippen molar-refractivity contribution in [1.29, 1.82) is 0 Å². The number of carbonyl (C=O) groups excluding carboxylic acids is 1. The second-order valence-electron chi connectivity index (χ2n) is 6.43. The number of benzene rings is 1. The van der Waals surface area contributed by atoms with E-state index in [1.165, 1.54) is 17.0 Å². The van der Waals surface area contributed by atoms with E-state index in [1.54, 1.807) is 12.6 Å². The highest BCUT2D eigenvalue weighted by molar-refractivity contribution is 14.0. The molecular formula is C19H27IN6OS. The highest BCUT2D eigenvalue weighted by atomic mass is 127. The molecule has 0 saturated carbocycles. The fourth-order valence-corrected chi connectivity index (χ4v) is 3.82. The van der Waals surface area contributed by atoms with Gasteiger partial charge >= 0.3 is 0 Å². The quantitative estimate of drug-likeness (QED) is 0.239. The van der Waals surface area contributed by atoms with Gasteiger partial charge in [-0.05, 0) is 25.5 Å². The van der Waals surface area contributed by atoms with Crippen LogP contribution < -0.4 is 20.9 Å². The van der Waals surface area contributed by atoms with E-state index in [2.05, 4.69) is 55.1 Å². The van der Waals surface area contributed by atoms with E-state index in [1.807, 2.05) is 13.0 Å². The van der Waals surface area contributed by atoms with Crippen LogP contribution in [0.25, 0.3) is 0 Å². The van der Waals surface area contributed by atoms with E-state index >= 15 is 0 Å². The van der Waals surface area contributed by atoms with Crippen LogP contribution >= 0.6 is 35.3 Å². The van der Waals surface area contributed by atoms with Gasteiger partial charge in [-0.25, -0.2) is 4.98 Å². The monoisotopic (exact) mass is 514 g/mol. The Hall–Kier alpha value is -1.88. The number of aryl methyl sites for hydroxylation is 1. The minimum atomic E-state index is -0.0750. The van der Waals surface area contributed by atoms with E-state index in [0.29, 0.717) is 24.0 Å². The first-order valence-corrected chi connectivity index (χ1v) is 10.0. The zero-order chi connectivity index (χ0) is 19.1. The summed E-state index contributed by atoms with van der Waals surface area (Å²) in [4.78, 5) is 23.5. The number of carbonyl (C=O) groups is 1. The second-order valence-corrected chi connectivity index (χ2v) is 7.29. The molecule has 152 valence electrons. The fraction of sp³-hybridized carbons (Fsp3) is 0.421. The fourth-order valence-electron chi connectivity index (χ4n) is 3.10. The average Bonchev–Trinajstić information content (AvgIpc) is 3.33. The van der Waals surface area contributed by atoms with Crippen LogP contribution in [-0.2, 0) is 0 Å². The number of para-hydroxylation sites is 1. The van der Waals surface area contributed by atoms with Gasteiger partial charge in [-0.3, -0.25) is 9.79 Å². The van der Waals surface area contributed by atoms with Crippen LogP contribution in [0.5, 0.6) is 0 Å². The summed E-state index contributed by atoms with van der Waals surface area (Å²) in [6, 6.07) is 10.8. The van der Waals surface area contributed by atoms with Crippen molar-refractivity contribution >= 4 is 52.9 Å². The van der Waals surface area contributed by atoms with Crippen molar-refractivity contribution in [3.05, 3.63) is 46.4 Å². The molecule has 0 bridgehead atoms. The van der Waals surface area contributed by atoms with Crippen molar-refractivity contribution in [3.63, 3.8) is 0 Å². The van der Waals surface area contributed by atoms with Crippen molar-refractivity contribution in [2.75, 3.05) is 38.1 Å². The summed E-state index contributed by atoms with van der Waals surface area (Å²) < 4.78 is 0. The molecule has 1 atom stereocenters. The Morgan fingerprint density at radius 1 is 1.29 bits per heavy atom. The largest absolute Gasteiger partial charge is 0.369 e. The van der Waals surface area contributed by atoms with Crippen molar-refractivity contribution in [3.8, 4) is 0 Å². The second kappa shape index (κ2) is 11.2. The first-order valence-electron chi connectivity index (χ1n) is 9.13. The van der Waals surface area contributed by atoms with Gasteiger partial charge in [0.2, 0.25) is 0 Å². The molecule has 2 heterocycles. The summed E-state index contributed by atoms with van der Waals surface area (Å²) in [5.41, 5.74) is 3.71. The lowest BCUT2D eigenvalue weighted by Crippen LogP contribution is -2.46. The van der Waals surface area contributed by atoms with E-state index < -0.39 is 0 Å². The molecule has 1 unspecified atom stereocenters. The molecule has 1 fully saturated rings. The predicted octanol–water partition coefficient (Wildman–Crippen LogP) is 2.24. The summed E-state index contributed by atoms with van der Waals surface area (Å²) in [5.74, 6) is 0.687. The topological polar surface area (TPSA) is 81.6 Å². The molecule has 7 nitrogen and oxygen atoms in total. The summed E-state index contributed by atoms with van der Waals surface area (Å²) in [6.45, 7) is 4.96. The number of hydrogen-bond acceptors (Lipinski definition) is 5. The molecule has 1 aromatic carbocycles. The van der Waals surface area contributed by atoms with Gasteiger partial charge < -0.3 is 20.9 Å². The molecule has 1 saturated heterocycles. The van der Waals surface area contributed by atoms with Gasteiger partial charge in [0.1, 0.15) is 4.88 Å². The maximum absolute atomic E-state index is 12.1. The van der Waals surface area contributed by atoms with E-state index in [4.69, 9.17) is 0 Å². The number of nitrogens with one attached hydrogen (secondary N) is 3. The maximum atomic E-state index is 12.1. The van der Waals surface area contributed by atoms with Gasteiger partial charge in [-0.1, -0.05) is 18.2 Å².